The van der Waals surface area contributed by atoms with Gasteiger partial charge in [-0.15, -0.1) is 0 Å². The Labute approximate surface area is 80.5 Å². The third-order valence-electron chi connectivity index (χ3n) is 1.42. The monoisotopic (exact) mass is 226 g/mol. The van der Waals surface area contributed by atoms with Gasteiger partial charge in [0.05, 0.1) is 0 Å². The van der Waals surface area contributed by atoms with Gasteiger partial charge in [-0.1, -0.05) is 0 Å². The highest BCUT2D eigenvalue weighted by molar-refractivity contribution is 6.33. The summed E-state index contributed by atoms with van der Waals surface area (Å²) in [5.74, 6) is -11.9. The predicted molar refractivity (Wildman–Crippen MR) is 38.8 cm³/mol. The van der Waals surface area contributed by atoms with Crippen molar-refractivity contribution < 1.29 is 37.4 Å². The van der Waals surface area contributed by atoms with E-state index in [9.17, 15) is 17.6 Å². The average Bonchev–Trinajstić information content (AvgIpc) is 2.18. The Hall–Kier alpha value is -1.48. The Morgan fingerprint density at radius 2 is 1.27 bits per heavy atom. The van der Waals surface area contributed by atoms with Gasteiger partial charge in [0.2, 0.25) is 23.3 Å². The number of rotatable bonds is 2. The zero-order valence-electron chi connectivity index (χ0n) is 6.84. The molecule has 0 atom stereocenters. The van der Waals surface area contributed by atoms with Gasteiger partial charge in [0.1, 0.15) is 0 Å². The Kier molecular flexibility index (Phi) is 3.05. The van der Waals surface area contributed by atoms with E-state index in [1.54, 1.807) is 0 Å². The van der Waals surface area contributed by atoms with Gasteiger partial charge in [-0.3, -0.25) is 0 Å². The molecule has 15 heavy (non-hydrogen) atoms. The first kappa shape index (κ1) is 11.6. The molecule has 0 aliphatic heterocycles. The van der Waals surface area contributed by atoms with Crippen molar-refractivity contribution in [2.75, 3.05) is 0 Å². The molecular formula is C6H3BF4O4. The number of halogens is 4. The quantitative estimate of drug-likeness (QED) is 0.385. The lowest BCUT2D eigenvalue weighted by Gasteiger charge is -2.09. The van der Waals surface area contributed by atoms with Crippen LogP contribution in [0.4, 0.5) is 17.6 Å². The molecule has 0 heterocycles. The van der Waals surface area contributed by atoms with Crippen molar-refractivity contribution in [3.63, 3.8) is 0 Å². The van der Waals surface area contributed by atoms with E-state index in [0.29, 0.717) is 0 Å². The van der Waals surface area contributed by atoms with Gasteiger partial charge < -0.3 is 19.8 Å². The van der Waals surface area contributed by atoms with Crippen LogP contribution in [0, 0.1) is 23.3 Å². The minimum absolute atomic E-state index is 1.67. The number of phenolic OH excluding ortho intramolecular Hbond substituents is 1. The largest absolute Gasteiger partial charge is 0.707 e. The molecule has 4 nitrogen and oxygen atoms in total. The minimum Gasteiger partial charge on any atom is -0.507 e. The Morgan fingerprint density at radius 3 is 1.60 bits per heavy atom. The molecule has 0 aliphatic rings. The molecule has 0 fully saturated rings. The van der Waals surface area contributed by atoms with E-state index in [0.717, 1.165) is 0 Å². The molecule has 82 valence electrons. The van der Waals surface area contributed by atoms with Gasteiger partial charge in [0, 0.05) is 0 Å². The number of hydrogen-bond acceptors (Lipinski definition) is 4. The molecule has 0 amide bonds. The predicted octanol–water partition coefficient (Wildman–Crippen LogP) is 0.297. The molecule has 0 saturated carbocycles. The summed E-state index contributed by atoms with van der Waals surface area (Å²) in [7, 11) is -2.66. The summed E-state index contributed by atoms with van der Waals surface area (Å²) < 4.78 is 54.4. The van der Waals surface area contributed by atoms with Crippen LogP contribution >= 0.6 is 0 Å². The van der Waals surface area contributed by atoms with Crippen LogP contribution in [-0.2, 0) is 0 Å². The summed E-state index contributed by atoms with van der Waals surface area (Å²) >= 11 is 0. The topological polar surface area (TPSA) is 69.9 Å². The summed E-state index contributed by atoms with van der Waals surface area (Å²) in [4.78, 5) is 0. The number of phenols is 1. The molecule has 0 radical (unpaired) electrons. The van der Waals surface area contributed by atoms with Crippen LogP contribution in [0.5, 0.6) is 11.5 Å². The maximum atomic E-state index is 12.8. The van der Waals surface area contributed by atoms with Crippen LogP contribution in [0.2, 0.25) is 0 Å². The Balaban J connectivity index is 3.39. The SMILES string of the molecule is OB(O)Oc1c(F)c(F)c(O)c(F)c1F. The number of hydrogen-bond donors (Lipinski definition) is 3. The van der Waals surface area contributed by atoms with Crippen molar-refractivity contribution in [3.8, 4) is 11.5 Å². The van der Waals surface area contributed by atoms with Gasteiger partial charge in [-0.05, 0) is 0 Å². The van der Waals surface area contributed by atoms with E-state index >= 15 is 0 Å². The second-order valence-corrected chi connectivity index (χ2v) is 2.38. The van der Waals surface area contributed by atoms with Crippen molar-refractivity contribution >= 4 is 7.32 Å². The van der Waals surface area contributed by atoms with Gasteiger partial charge in [0.25, 0.3) is 0 Å². The molecule has 1 aromatic carbocycles. The molecular weight excluding hydrogens is 223 g/mol. The third-order valence-corrected chi connectivity index (χ3v) is 1.42. The van der Waals surface area contributed by atoms with Crippen LogP contribution < -0.4 is 4.65 Å². The molecule has 0 bridgehead atoms. The van der Waals surface area contributed by atoms with Crippen LogP contribution in [-0.4, -0.2) is 22.5 Å². The first-order valence-corrected chi connectivity index (χ1v) is 3.44. The molecule has 1 aromatic rings. The fourth-order valence-corrected chi connectivity index (χ4v) is 0.809. The zero-order chi connectivity index (χ0) is 11.7. The first-order chi connectivity index (χ1) is 6.86. The van der Waals surface area contributed by atoms with E-state index in [-0.39, 0.29) is 0 Å². The molecule has 1 rings (SSSR count). The number of benzene rings is 1. The minimum atomic E-state index is -2.66. The molecule has 0 unspecified atom stereocenters. The van der Waals surface area contributed by atoms with Crippen molar-refractivity contribution in [1.29, 1.82) is 0 Å². The maximum Gasteiger partial charge on any atom is 0.707 e. The summed E-state index contributed by atoms with van der Waals surface area (Å²) in [5.41, 5.74) is 0. The van der Waals surface area contributed by atoms with Crippen LogP contribution in [0.15, 0.2) is 0 Å². The van der Waals surface area contributed by atoms with E-state index in [1.165, 1.54) is 0 Å². The summed E-state index contributed by atoms with van der Waals surface area (Å²) in [6.45, 7) is 0. The van der Waals surface area contributed by atoms with Crippen LogP contribution in [0.25, 0.3) is 0 Å². The maximum absolute atomic E-state index is 12.8. The van der Waals surface area contributed by atoms with Crippen molar-refractivity contribution in [2.24, 2.45) is 0 Å². The average molecular weight is 226 g/mol. The highest BCUT2D eigenvalue weighted by atomic mass is 19.2. The molecule has 0 aliphatic carbocycles. The van der Waals surface area contributed by atoms with Crippen molar-refractivity contribution in [3.05, 3.63) is 23.3 Å². The van der Waals surface area contributed by atoms with E-state index in [1.807, 2.05) is 0 Å². The summed E-state index contributed by atoms with van der Waals surface area (Å²) in [6.07, 6.45) is 0. The van der Waals surface area contributed by atoms with Gasteiger partial charge >= 0.3 is 7.32 Å². The van der Waals surface area contributed by atoms with E-state index in [2.05, 4.69) is 4.65 Å². The molecule has 3 N–H and O–H groups in total. The smallest absolute Gasteiger partial charge is 0.507 e. The van der Waals surface area contributed by atoms with Gasteiger partial charge in [-0.2, -0.15) is 17.6 Å². The van der Waals surface area contributed by atoms with Gasteiger partial charge in [-0.25, -0.2) is 0 Å². The highest BCUT2D eigenvalue weighted by Gasteiger charge is 2.28. The molecule has 0 saturated heterocycles. The summed E-state index contributed by atoms with van der Waals surface area (Å²) in [5, 5.41) is 24.9. The highest BCUT2D eigenvalue weighted by Crippen LogP contribution is 2.33. The van der Waals surface area contributed by atoms with E-state index in [4.69, 9.17) is 15.2 Å². The lowest BCUT2D eigenvalue weighted by atomic mass is 10.2. The molecule has 0 aromatic heterocycles. The van der Waals surface area contributed by atoms with Crippen LogP contribution in [0.3, 0.4) is 0 Å². The third kappa shape index (κ3) is 1.97. The first-order valence-electron chi connectivity index (χ1n) is 3.44. The fourth-order valence-electron chi connectivity index (χ4n) is 0.809. The molecule has 9 heteroatoms. The zero-order valence-corrected chi connectivity index (χ0v) is 6.84. The second-order valence-electron chi connectivity index (χ2n) is 2.38. The Bertz CT molecular complexity index is 368. The van der Waals surface area contributed by atoms with Crippen LogP contribution in [0.1, 0.15) is 0 Å². The lowest BCUT2D eigenvalue weighted by molar-refractivity contribution is 0.263. The Morgan fingerprint density at radius 1 is 0.867 bits per heavy atom. The van der Waals surface area contributed by atoms with Crippen molar-refractivity contribution in [1.82, 2.24) is 0 Å². The second kappa shape index (κ2) is 3.95. The van der Waals surface area contributed by atoms with E-state index < -0.39 is 42.1 Å². The standard InChI is InChI=1S/C6H3BF4O4/c8-1-3(10)6(15-7(13)14)4(11)2(9)5(1)12/h12-14H. The lowest BCUT2D eigenvalue weighted by Crippen LogP contribution is -2.22. The normalized spacial score (nSPS) is 10.3. The van der Waals surface area contributed by atoms with Gasteiger partial charge in [0.15, 0.2) is 11.5 Å². The van der Waals surface area contributed by atoms with Crippen molar-refractivity contribution in [2.45, 2.75) is 0 Å². The number of aromatic hydroxyl groups is 1. The summed E-state index contributed by atoms with van der Waals surface area (Å²) in [6, 6.07) is 0. The fraction of sp³-hybridized carbons (Fsp3) is 0. The molecule has 0 spiro atoms.